The highest BCUT2D eigenvalue weighted by atomic mass is 16.1. The van der Waals surface area contributed by atoms with Crippen LogP contribution < -0.4 is 11.1 Å². The molecule has 1 aromatic carbocycles. The van der Waals surface area contributed by atoms with Gasteiger partial charge in [-0.1, -0.05) is 31.2 Å². The van der Waals surface area contributed by atoms with Crippen LogP contribution in [0, 0.1) is 6.92 Å². The normalized spacial score (nSPS) is 12.2. The van der Waals surface area contributed by atoms with Crippen molar-refractivity contribution in [3.05, 3.63) is 35.4 Å². The Balaban J connectivity index is 2.41. The molecule has 0 radical (unpaired) electrons. The lowest BCUT2D eigenvalue weighted by molar-refractivity contribution is -0.121. The predicted molar refractivity (Wildman–Crippen MR) is 70.8 cm³/mol. The van der Waals surface area contributed by atoms with Gasteiger partial charge in [0.2, 0.25) is 5.91 Å². The van der Waals surface area contributed by atoms with Gasteiger partial charge in [-0.25, -0.2) is 0 Å². The van der Waals surface area contributed by atoms with E-state index in [-0.39, 0.29) is 11.9 Å². The molecule has 0 fully saturated rings. The molecule has 0 heterocycles. The minimum Gasteiger partial charge on any atom is -0.352 e. The van der Waals surface area contributed by atoms with Gasteiger partial charge in [-0.05, 0) is 30.9 Å². The Morgan fingerprint density at radius 1 is 1.41 bits per heavy atom. The summed E-state index contributed by atoms with van der Waals surface area (Å²) in [6.45, 7) is 4.60. The minimum absolute atomic E-state index is 0.0885. The van der Waals surface area contributed by atoms with E-state index < -0.39 is 0 Å². The number of amides is 1. The Labute approximate surface area is 103 Å². The highest BCUT2D eigenvalue weighted by molar-refractivity contribution is 5.76. The molecule has 0 spiro atoms. The fourth-order valence-corrected chi connectivity index (χ4v) is 1.77. The van der Waals surface area contributed by atoms with E-state index in [0.29, 0.717) is 13.0 Å². The van der Waals surface area contributed by atoms with E-state index in [0.717, 1.165) is 12.8 Å². The first-order valence-electron chi connectivity index (χ1n) is 6.21. The maximum Gasteiger partial charge on any atom is 0.220 e. The molecule has 1 aromatic rings. The summed E-state index contributed by atoms with van der Waals surface area (Å²) in [5.74, 6) is 0.0885. The second kappa shape index (κ2) is 7.07. The Hall–Kier alpha value is -1.35. The summed E-state index contributed by atoms with van der Waals surface area (Å²) in [6, 6.07) is 8.28. The number of hydrogen-bond donors (Lipinski definition) is 2. The first-order chi connectivity index (χ1) is 8.17. The fraction of sp³-hybridized carbons (Fsp3) is 0.500. The van der Waals surface area contributed by atoms with Crippen LogP contribution in [0.4, 0.5) is 0 Å². The number of rotatable bonds is 6. The van der Waals surface area contributed by atoms with Crippen LogP contribution >= 0.6 is 0 Å². The molecule has 17 heavy (non-hydrogen) atoms. The topological polar surface area (TPSA) is 55.1 Å². The van der Waals surface area contributed by atoms with Gasteiger partial charge in [-0.15, -0.1) is 0 Å². The zero-order valence-electron chi connectivity index (χ0n) is 10.7. The Bertz CT molecular complexity index is 359. The molecule has 0 aliphatic carbocycles. The van der Waals surface area contributed by atoms with Gasteiger partial charge in [0.05, 0.1) is 0 Å². The van der Waals surface area contributed by atoms with Gasteiger partial charge in [0, 0.05) is 19.0 Å². The van der Waals surface area contributed by atoms with Crippen LogP contribution in [0.15, 0.2) is 24.3 Å². The third-order valence-electron chi connectivity index (χ3n) is 3.03. The molecule has 1 amide bonds. The van der Waals surface area contributed by atoms with Crippen molar-refractivity contribution in [1.82, 2.24) is 5.32 Å². The number of benzene rings is 1. The molecule has 0 saturated carbocycles. The van der Waals surface area contributed by atoms with Crippen LogP contribution in [0.1, 0.15) is 30.9 Å². The maximum atomic E-state index is 11.7. The molecule has 94 valence electrons. The quantitative estimate of drug-likeness (QED) is 0.788. The standard InChI is InChI=1S/C14H22N2O/c1-3-13(10-15)16-14(17)9-8-12-7-5-4-6-11(12)2/h4-7,13H,3,8-10,15H2,1-2H3,(H,16,17). The number of aryl methyl sites for hydroxylation is 2. The summed E-state index contributed by atoms with van der Waals surface area (Å²) in [5.41, 5.74) is 8.03. The van der Waals surface area contributed by atoms with E-state index in [1.165, 1.54) is 11.1 Å². The predicted octanol–water partition coefficient (Wildman–Crippen LogP) is 1.78. The monoisotopic (exact) mass is 234 g/mol. The average Bonchev–Trinajstić information content (AvgIpc) is 2.35. The molecule has 0 aliphatic rings. The lowest BCUT2D eigenvalue weighted by Crippen LogP contribution is -2.39. The summed E-state index contributed by atoms with van der Waals surface area (Å²) in [7, 11) is 0. The van der Waals surface area contributed by atoms with Gasteiger partial charge < -0.3 is 11.1 Å². The number of carbonyl (C=O) groups excluding carboxylic acids is 1. The van der Waals surface area contributed by atoms with Crippen molar-refractivity contribution in [2.75, 3.05) is 6.54 Å². The Morgan fingerprint density at radius 2 is 2.12 bits per heavy atom. The first kappa shape index (κ1) is 13.7. The summed E-state index contributed by atoms with van der Waals surface area (Å²) in [5, 5.41) is 2.94. The molecular formula is C14H22N2O. The minimum atomic E-state index is 0.0885. The van der Waals surface area contributed by atoms with Crippen molar-refractivity contribution in [2.24, 2.45) is 5.73 Å². The average molecular weight is 234 g/mol. The van der Waals surface area contributed by atoms with Gasteiger partial charge >= 0.3 is 0 Å². The van der Waals surface area contributed by atoms with Crippen LogP contribution in [-0.4, -0.2) is 18.5 Å². The molecule has 0 aliphatic heterocycles. The maximum absolute atomic E-state index is 11.7. The van der Waals surface area contributed by atoms with Crippen molar-refractivity contribution >= 4 is 5.91 Å². The van der Waals surface area contributed by atoms with Gasteiger partial charge in [0.15, 0.2) is 0 Å². The van der Waals surface area contributed by atoms with Gasteiger partial charge in [-0.3, -0.25) is 4.79 Å². The van der Waals surface area contributed by atoms with Gasteiger partial charge in [-0.2, -0.15) is 0 Å². The van der Waals surface area contributed by atoms with Crippen LogP contribution in [0.2, 0.25) is 0 Å². The SMILES string of the molecule is CCC(CN)NC(=O)CCc1ccccc1C. The van der Waals surface area contributed by atoms with Crippen LogP contribution in [0.25, 0.3) is 0 Å². The third kappa shape index (κ3) is 4.57. The molecule has 3 N–H and O–H groups in total. The van der Waals surface area contributed by atoms with Crippen LogP contribution in [0.5, 0.6) is 0 Å². The largest absolute Gasteiger partial charge is 0.352 e. The zero-order valence-corrected chi connectivity index (χ0v) is 10.7. The molecule has 1 unspecified atom stereocenters. The second-order valence-corrected chi connectivity index (χ2v) is 4.33. The summed E-state index contributed by atoms with van der Waals surface area (Å²) < 4.78 is 0. The number of nitrogens with two attached hydrogens (primary N) is 1. The van der Waals surface area contributed by atoms with E-state index in [4.69, 9.17) is 5.73 Å². The molecule has 3 nitrogen and oxygen atoms in total. The van der Waals surface area contributed by atoms with Crippen molar-refractivity contribution in [3.8, 4) is 0 Å². The molecule has 1 rings (SSSR count). The van der Waals surface area contributed by atoms with Gasteiger partial charge in [0.25, 0.3) is 0 Å². The molecule has 1 atom stereocenters. The van der Waals surface area contributed by atoms with Crippen LogP contribution in [0.3, 0.4) is 0 Å². The van der Waals surface area contributed by atoms with Crippen molar-refractivity contribution in [2.45, 2.75) is 39.2 Å². The number of hydrogen-bond acceptors (Lipinski definition) is 2. The summed E-state index contributed by atoms with van der Waals surface area (Å²) in [6.07, 6.45) is 2.20. The van der Waals surface area contributed by atoms with E-state index in [1.54, 1.807) is 0 Å². The van der Waals surface area contributed by atoms with Crippen molar-refractivity contribution in [3.63, 3.8) is 0 Å². The smallest absolute Gasteiger partial charge is 0.220 e. The molecular weight excluding hydrogens is 212 g/mol. The summed E-state index contributed by atoms with van der Waals surface area (Å²) in [4.78, 5) is 11.7. The van der Waals surface area contributed by atoms with E-state index in [9.17, 15) is 4.79 Å². The van der Waals surface area contributed by atoms with Crippen molar-refractivity contribution < 1.29 is 4.79 Å². The number of carbonyl (C=O) groups is 1. The van der Waals surface area contributed by atoms with Crippen molar-refractivity contribution in [1.29, 1.82) is 0 Å². The lowest BCUT2D eigenvalue weighted by atomic mass is 10.0. The zero-order chi connectivity index (χ0) is 12.7. The van der Waals surface area contributed by atoms with E-state index in [2.05, 4.69) is 24.4 Å². The lowest BCUT2D eigenvalue weighted by Gasteiger charge is -2.14. The second-order valence-electron chi connectivity index (χ2n) is 4.33. The van der Waals surface area contributed by atoms with Gasteiger partial charge in [0.1, 0.15) is 0 Å². The Morgan fingerprint density at radius 3 is 2.71 bits per heavy atom. The molecule has 0 saturated heterocycles. The van der Waals surface area contributed by atoms with E-state index >= 15 is 0 Å². The third-order valence-corrected chi connectivity index (χ3v) is 3.03. The molecule has 0 aromatic heterocycles. The highest BCUT2D eigenvalue weighted by Gasteiger charge is 2.08. The first-order valence-corrected chi connectivity index (χ1v) is 6.21. The van der Waals surface area contributed by atoms with Crippen LogP contribution in [-0.2, 0) is 11.2 Å². The molecule has 3 heteroatoms. The molecule has 0 bridgehead atoms. The van der Waals surface area contributed by atoms with E-state index in [1.807, 2.05) is 19.1 Å². The summed E-state index contributed by atoms with van der Waals surface area (Å²) >= 11 is 0. The number of nitrogens with one attached hydrogen (secondary N) is 1. The fourth-order valence-electron chi connectivity index (χ4n) is 1.77. The highest BCUT2D eigenvalue weighted by Crippen LogP contribution is 2.09. The Kier molecular flexibility index (Phi) is 5.70.